The third-order valence-corrected chi connectivity index (χ3v) is 4.13. The first-order valence-corrected chi connectivity index (χ1v) is 8.32. The number of hydrogen-bond donors (Lipinski definition) is 2. The second kappa shape index (κ2) is 9.28. The minimum absolute atomic E-state index is 0.397. The van der Waals surface area contributed by atoms with Crippen LogP contribution in [0.2, 0.25) is 0 Å². The Labute approximate surface area is 144 Å². The number of nitrogens with zero attached hydrogens (tertiary/aromatic N) is 1. The lowest BCUT2D eigenvalue weighted by molar-refractivity contribution is 0.290. The van der Waals surface area contributed by atoms with Crippen LogP contribution >= 0.6 is 12.2 Å². The molecule has 122 valence electrons. The highest BCUT2D eigenvalue weighted by Gasteiger charge is 2.12. The van der Waals surface area contributed by atoms with Gasteiger partial charge in [0.25, 0.3) is 0 Å². The number of benzene rings is 2. The summed E-state index contributed by atoms with van der Waals surface area (Å²) in [5.74, 6) is 0. The number of thiocarbonyl (C=S) groups is 1. The molecule has 0 aliphatic rings. The molecule has 0 heterocycles. The summed E-state index contributed by atoms with van der Waals surface area (Å²) in [6, 6.07) is 21.2. The predicted molar refractivity (Wildman–Crippen MR) is 102 cm³/mol. The highest BCUT2D eigenvalue weighted by molar-refractivity contribution is 7.80. The zero-order chi connectivity index (χ0) is 16.5. The molecular weight excluding hydrogens is 302 g/mol. The molecule has 0 radical (unpaired) electrons. The maximum absolute atomic E-state index is 5.38. The van der Waals surface area contributed by atoms with Crippen LogP contribution in [0.15, 0.2) is 60.7 Å². The summed E-state index contributed by atoms with van der Waals surface area (Å²) in [7, 11) is 4.21. The maximum atomic E-state index is 5.38. The molecule has 0 aromatic heterocycles. The van der Waals surface area contributed by atoms with Crippen LogP contribution in [0.1, 0.15) is 11.1 Å². The van der Waals surface area contributed by atoms with E-state index in [9.17, 15) is 0 Å². The van der Waals surface area contributed by atoms with Gasteiger partial charge >= 0.3 is 0 Å². The lowest BCUT2D eigenvalue weighted by Gasteiger charge is -2.25. The van der Waals surface area contributed by atoms with Gasteiger partial charge in [-0.3, -0.25) is 0 Å². The molecule has 0 amide bonds. The zero-order valence-corrected chi connectivity index (χ0v) is 14.6. The van der Waals surface area contributed by atoms with E-state index < -0.39 is 0 Å². The molecule has 2 aromatic rings. The lowest BCUT2D eigenvalue weighted by atomic mass is 10.1. The molecule has 4 heteroatoms. The SMILES string of the molecule is CN(C)[C@H](CNC(=S)NCc1ccccc1)Cc1ccccc1. The molecule has 0 fully saturated rings. The molecule has 2 N–H and O–H groups in total. The van der Waals surface area contributed by atoms with Gasteiger partial charge < -0.3 is 15.5 Å². The van der Waals surface area contributed by atoms with Crippen LogP contribution in [0.25, 0.3) is 0 Å². The first-order valence-electron chi connectivity index (χ1n) is 7.91. The van der Waals surface area contributed by atoms with E-state index in [4.69, 9.17) is 12.2 Å². The number of hydrogen-bond acceptors (Lipinski definition) is 2. The Morgan fingerprint density at radius 1 is 0.913 bits per heavy atom. The van der Waals surface area contributed by atoms with Crippen molar-refractivity contribution in [1.82, 2.24) is 15.5 Å². The molecule has 0 bridgehead atoms. The van der Waals surface area contributed by atoms with E-state index in [0.717, 1.165) is 19.5 Å². The molecule has 0 spiro atoms. The van der Waals surface area contributed by atoms with Gasteiger partial charge in [-0.05, 0) is 43.9 Å². The lowest BCUT2D eigenvalue weighted by Crippen LogP contribution is -2.44. The van der Waals surface area contributed by atoms with Crippen molar-refractivity contribution >= 4 is 17.3 Å². The van der Waals surface area contributed by atoms with Crippen LogP contribution in [0.5, 0.6) is 0 Å². The van der Waals surface area contributed by atoms with Crippen LogP contribution in [-0.2, 0) is 13.0 Å². The average molecular weight is 327 g/mol. The molecule has 0 saturated carbocycles. The van der Waals surface area contributed by atoms with Crippen LogP contribution in [0.3, 0.4) is 0 Å². The number of nitrogens with one attached hydrogen (secondary N) is 2. The highest BCUT2D eigenvalue weighted by atomic mass is 32.1. The Morgan fingerprint density at radius 2 is 1.48 bits per heavy atom. The van der Waals surface area contributed by atoms with Crippen molar-refractivity contribution in [3.63, 3.8) is 0 Å². The predicted octanol–water partition coefficient (Wildman–Crippen LogP) is 2.82. The Hall–Kier alpha value is -1.91. The summed E-state index contributed by atoms with van der Waals surface area (Å²) in [5.41, 5.74) is 2.57. The summed E-state index contributed by atoms with van der Waals surface area (Å²) in [6.07, 6.45) is 1.00. The van der Waals surface area contributed by atoms with E-state index >= 15 is 0 Å². The quantitative estimate of drug-likeness (QED) is 0.765. The summed E-state index contributed by atoms with van der Waals surface area (Å²) in [6.45, 7) is 1.57. The first kappa shape index (κ1) is 17.4. The Balaban J connectivity index is 1.78. The second-order valence-corrected chi connectivity index (χ2v) is 6.26. The summed E-state index contributed by atoms with van der Waals surface area (Å²) < 4.78 is 0. The van der Waals surface area contributed by atoms with Gasteiger partial charge in [-0.1, -0.05) is 60.7 Å². The van der Waals surface area contributed by atoms with Crippen molar-refractivity contribution in [2.75, 3.05) is 20.6 Å². The van der Waals surface area contributed by atoms with Crippen LogP contribution in [0, 0.1) is 0 Å². The molecule has 1 atom stereocenters. The van der Waals surface area contributed by atoms with Crippen molar-refractivity contribution in [3.8, 4) is 0 Å². The minimum Gasteiger partial charge on any atom is -0.361 e. The fourth-order valence-electron chi connectivity index (χ4n) is 2.37. The third-order valence-electron chi connectivity index (χ3n) is 3.84. The zero-order valence-electron chi connectivity index (χ0n) is 13.8. The molecule has 0 aliphatic heterocycles. The summed E-state index contributed by atoms with van der Waals surface area (Å²) >= 11 is 5.38. The molecule has 23 heavy (non-hydrogen) atoms. The van der Waals surface area contributed by atoms with Gasteiger partial charge in [-0.25, -0.2) is 0 Å². The van der Waals surface area contributed by atoms with Crippen molar-refractivity contribution in [3.05, 3.63) is 71.8 Å². The molecular formula is C19H25N3S. The van der Waals surface area contributed by atoms with Gasteiger partial charge in [-0.2, -0.15) is 0 Å². The van der Waals surface area contributed by atoms with Crippen molar-refractivity contribution < 1.29 is 0 Å². The van der Waals surface area contributed by atoms with E-state index in [1.54, 1.807) is 0 Å². The molecule has 0 aliphatic carbocycles. The van der Waals surface area contributed by atoms with Gasteiger partial charge in [0.15, 0.2) is 5.11 Å². The van der Waals surface area contributed by atoms with Gasteiger partial charge in [-0.15, -0.1) is 0 Å². The summed E-state index contributed by atoms with van der Waals surface area (Å²) in [4.78, 5) is 2.24. The minimum atomic E-state index is 0.397. The van der Waals surface area contributed by atoms with Gasteiger partial charge in [0.05, 0.1) is 0 Å². The Bertz CT molecular complexity index is 584. The van der Waals surface area contributed by atoms with E-state index in [2.05, 4.69) is 72.1 Å². The first-order chi connectivity index (χ1) is 11.1. The standard InChI is InChI=1S/C19H25N3S/c1-22(2)18(13-16-9-5-3-6-10-16)15-21-19(23)20-14-17-11-7-4-8-12-17/h3-12,18H,13-15H2,1-2H3,(H2,20,21,23)/t18-/m0/s1. The monoisotopic (exact) mass is 327 g/mol. The molecule has 2 aromatic carbocycles. The van der Waals surface area contributed by atoms with Crippen LogP contribution < -0.4 is 10.6 Å². The van der Waals surface area contributed by atoms with Crippen molar-refractivity contribution in [2.45, 2.75) is 19.0 Å². The number of rotatable bonds is 7. The molecule has 0 unspecified atom stereocenters. The normalized spacial score (nSPS) is 12.0. The van der Waals surface area contributed by atoms with E-state index in [-0.39, 0.29) is 0 Å². The van der Waals surface area contributed by atoms with Crippen molar-refractivity contribution in [2.24, 2.45) is 0 Å². The summed E-state index contributed by atoms with van der Waals surface area (Å²) in [5, 5.41) is 7.29. The van der Waals surface area contributed by atoms with Crippen LogP contribution in [0.4, 0.5) is 0 Å². The Kier molecular flexibility index (Phi) is 7.04. The van der Waals surface area contributed by atoms with Gasteiger partial charge in [0, 0.05) is 19.1 Å². The fourth-order valence-corrected chi connectivity index (χ4v) is 2.53. The fraction of sp³-hybridized carbons (Fsp3) is 0.316. The van der Waals surface area contributed by atoms with E-state index in [0.29, 0.717) is 11.2 Å². The van der Waals surface area contributed by atoms with Gasteiger partial charge in [0.2, 0.25) is 0 Å². The highest BCUT2D eigenvalue weighted by Crippen LogP contribution is 2.06. The molecule has 2 rings (SSSR count). The Morgan fingerprint density at radius 3 is 2.04 bits per heavy atom. The second-order valence-electron chi connectivity index (χ2n) is 5.86. The smallest absolute Gasteiger partial charge is 0.166 e. The maximum Gasteiger partial charge on any atom is 0.166 e. The third kappa shape index (κ3) is 6.38. The largest absolute Gasteiger partial charge is 0.361 e. The number of likely N-dealkylation sites (N-methyl/N-ethyl adjacent to an activating group) is 1. The van der Waals surface area contributed by atoms with E-state index in [1.165, 1.54) is 11.1 Å². The molecule has 0 saturated heterocycles. The van der Waals surface area contributed by atoms with Crippen molar-refractivity contribution in [1.29, 1.82) is 0 Å². The van der Waals surface area contributed by atoms with Crippen LogP contribution in [-0.4, -0.2) is 36.7 Å². The topological polar surface area (TPSA) is 27.3 Å². The van der Waals surface area contributed by atoms with E-state index in [1.807, 2.05) is 18.2 Å². The molecule has 3 nitrogen and oxygen atoms in total. The van der Waals surface area contributed by atoms with Gasteiger partial charge in [0.1, 0.15) is 0 Å². The average Bonchev–Trinajstić information content (AvgIpc) is 2.58.